The van der Waals surface area contributed by atoms with Crippen LogP contribution in [-0.4, -0.2) is 96.7 Å². The molecule has 0 saturated heterocycles. The van der Waals surface area contributed by atoms with E-state index in [4.69, 9.17) is 37.0 Å². The molecule has 0 radical (unpaired) electrons. The molecule has 19 heteroatoms. The lowest BCUT2D eigenvalue weighted by Gasteiger charge is -2.21. The molecular formula is C58H112O17P2. The van der Waals surface area contributed by atoms with Crippen molar-refractivity contribution in [1.29, 1.82) is 0 Å². The van der Waals surface area contributed by atoms with E-state index in [0.717, 1.165) is 103 Å². The molecule has 5 atom stereocenters. The van der Waals surface area contributed by atoms with Gasteiger partial charge in [0, 0.05) is 25.7 Å². The number of ether oxygens (including phenoxy) is 4. The fraction of sp³-hybridized carbons (Fsp3) is 0.931. The smallest absolute Gasteiger partial charge is 0.462 e. The SMILES string of the molecule is CCCCCCCCCCCCCCCC(=O)O[C@H](COC(=O)CCCCCCCCCC(C)C)COP(=O)(O)OC[C@@H](O)COP(=O)(O)OC[C@@H](COC(=O)CCCCCCC)OC(=O)CCCCCCCCC(C)C. The first-order valence-corrected chi connectivity index (χ1v) is 33.5. The Hall–Kier alpha value is -1.94. The molecule has 0 aliphatic carbocycles. The van der Waals surface area contributed by atoms with Crippen LogP contribution >= 0.6 is 15.6 Å². The van der Waals surface area contributed by atoms with Gasteiger partial charge in [-0.05, 0) is 37.5 Å². The lowest BCUT2D eigenvalue weighted by molar-refractivity contribution is -0.161. The molecular weight excluding hydrogens is 1030 g/mol. The molecule has 3 N–H and O–H groups in total. The Morgan fingerprint density at radius 2 is 0.597 bits per heavy atom. The molecule has 0 aromatic carbocycles. The van der Waals surface area contributed by atoms with Gasteiger partial charge in [0.2, 0.25) is 0 Å². The van der Waals surface area contributed by atoms with Crippen LogP contribution in [0.25, 0.3) is 0 Å². The third-order valence-corrected chi connectivity index (χ3v) is 15.1. The van der Waals surface area contributed by atoms with Crippen molar-refractivity contribution in [2.75, 3.05) is 39.6 Å². The Bertz CT molecular complexity index is 1530. The van der Waals surface area contributed by atoms with Crippen molar-refractivity contribution in [3.8, 4) is 0 Å². The average molecular weight is 1140 g/mol. The summed E-state index contributed by atoms with van der Waals surface area (Å²) in [5, 5.41) is 10.5. The average Bonchev–Trinajstić information content (AvgIpc) is 3.38. The molecule has 0 rings (SSSR count). The Labute approximate surface area is 467 Å². The molecule has 0 aliphatic rings. The van der Waals surface area contributed by atoms with Crippen molar-refractivity contribution in [2.24, 2.45) is 11.8 Å². The summed E-state index contributed by atoms with van der Waals surface area (Å²) >= 11 is 0. The molecule has 0 fully saturated rings. The van der Waals surface area contributed by atoms with Gasteiger partial charge in [-0.2, -0.15) is 0 Å². The van der Waals surface area contributed by atoms with E-state index < -0.39 is 97.5 Å². The van der Waals surface area contributed by atoms with Crippen LogP contribution < -0.4 is 0 Å². The van der Waals surface area contributed by atoms with Crippen LogP contribution in [0.4, 0.5) is 0 Å². The summed E-state index contributed by atoms with van der Waals surface area (Å²) in [6.07, 6.45) is 31.3. The van der Waals surface area contributed by atoms with E-state index in [9.17, 15) is 43.2 Å². The Morgan fingerprint density at radius 3 is 0.883 bits per heavy atom. The van der Waals surface area contributed by atoms with Gasteiger partial charge in [-0.3, -0.25) is 37.3 Å². The van der Waals surface area contributed by atoms with Gasteiger partial charge in [-0.25, -0.2) is 9.13 Å². The third-order valence-electron chi connectivity index (χ3n) is 13.2. The molecule has 0 amide bonds. The highest BCUT2D eigenvalue weighted by molar-refractivity contribution is 7.47. The number of unbranched alkanes of at least 4 members (excludes halogenated alkanes) is 27. The molecule has 0 aromatic heterocycles. The number of carbonyl (C=O) groups excluding carboxylic acids is 4. The maximum Gasteiger partial charge on any atom is 0.472 e. The van der Waals surface area contributed by atoms with Gasteiger partial charge in [0.05, 0.1) is 26.4 Å². The summed E-state index contributed by atoms with van der Waals surface area (Å²) in [5.74, 6) is -0.782. The fourth-order valence-corrected chi connectivity index (χ4v) is 10.0. The Morgan fingerprint density at radius 1 is 0.351 bits per heavy atom. The zero-order chi connectivity index (χ0) is 57.3. The van der Waals surface area contributed by atoms with E-state index in [2.05, 4.69) is 41.5 Å². The first kappa shape index (κ1) is 75.1. The number of esters is 4. The normalized spacial score (nSPS) is 14.5. The van der Waals surface area contributed by atoms with Crippen LogP contribution in [0.15, 0.2) is 0 Å². The number of aliphatic hydroxyl groups is 1. The maximum absolute atomic E-state index is 12.9. The molecule has 0 aliphatic heterocycles. The summed E-state index contributed by atoms with van der Waals surface area (Å²) in [6, 6.07) is 0. The standard InChI is InChI=1S/C58H112O17P2/c1-7-9-11-13-14-15-16-17-18-19-22-30-36-42-57(62)74-54(47-69-56(61)41-35-29-23-20-21-27-32-38-50(3)4)49-73-77(66,67)71-45-52(59)44-70-76(64,65)72-48-53(46-68-55(60)40-34-26-12-10-8-2)75-58(63)43-37-31-25-24-28-33-39-51(5)6/h50-54,59H,7-49H2,1-6H3,(H,64,65)(H,66,67)/t52-,53+,54+/m0/s1. The molecule has 0 aromatic rings. The summed E-state index contributed by atoms with van der Waals surface area (Å²) in [7, 11) is -9.87. The van der Waals surface area contributed by atoms with Crippen LogP contribution in [0, 0.1) is 11.8 Å². The molecule has 17 nitrogen and oxygen atoms in total. The van der Waals surface area contributed by atoms with Crippen molar-refractivity contribution in [1.82, 2.24) is 0 Å². The molecule has 0 bridgehead atoms. The van der Waals surface area contributed by atoms with Gasteiger partial charge in [0.15, 0.2) is 12.2 Å². The van der Waals surface area contributed by atoms with E-state index >= 15 is 0 Å². The van der Waals surface area contributed by atoms with E-state index in [-0.39, 0.29) is 25.7 Å². The number of phosphoric ester groups is 2. The first-order valence-electron chi connectivity index (χ1n) is 30.5. The Balaban J connectivity index is 5.18. The lowest BCUT2D eigenvalue weighted by atomic mass is 10.0. The van der Waals surface area contributed by atoms with Crippen LogP contribution in [0.3, 0.4) is 0 Å². The minimum Gasteiger partial charge on any atom is -0.462 e. The van der Waals surface area contributed by atoms with E-state index in [1.165, 1.54) is 83.5 Å². The quantitative estimate of drug-likeness (QED) is 0.0222. The van der Waals surface area contributed by atoms with Crippen molar-refractivity contribution in [3.05, 3.63) is 0 Å². The van der Waals surface area contributed by atoms with E-state index in [0.29, 0.717) is 37.5 Å². The van der Waals surface area contributed by atoms with Crippen molar-refractivity contribution < 1.29 is 80.2 Å². The van der Waals surface area contributed by atoms with Gasteiger partial charge in [-0.15, -0.1) is 0 Å². The number of hydrogen-bond donors (Lipinski definition) is 3. The van der Waals surface area contributed by atoms with E-state index in [1.54, 1.807) is 0 Å². The zero-order valence-electron chi connectivity index (χ0n) is 49.2. The highest BCUT2D eigenvalue weighted by Crippen LogP contribution is 2.45. The summed E-state index contributed by atoms with van der Waals surface area (Å²) in [5.41, 5.74) is 0. The summed E-state index contributed by atoms with van der Waals surface area (Å²) in [4.78, 5) is 71.6. The second-order valence-electron chi connectivity index (χ2n) is 22.0. The van der Waals surface area contributed by atoms with Gasteiger partial charge in [-0.1, -0.05) is 228 Å². The lowest BCUT2D eigenvalue weighted by Crippen LogP contribution is -2.30. The van der Waals surface area contributed by atoms with E-state index in [1.807, 2.05) is 0 Å². The van der Waals surface area contributed by atoms with Gasteiger partial charge in [0.25, 0.3) is 0 Å². The third kappa shape index (κ3) is 53.2. The zero-order valence-corrected chi connectivity index (χ0v) is 51.0. The minimum absolute atomic E-state index is 0.101. The second-order valence-corrected chi connectivity index (χ2v) is 24.9. The molecule has 77 heavy (non-hydrogen) atoms. The summed E-state index contributed by atoms with van der Waals surface area (Å²) in [6.45, 7) is 9.21. The number of carbonyl (C=O) groups is 4. The van der Waals surface area contributed by atoms with Crippen molar-refractivity contribution >= 4 is 39.5 Å². The molecule has 456 valence electrons. The van der Waals surface area contributed by atoms with Crippen molar-refractivity contribution in [3.63, 3.8) is 0 Å². The fourth-order valence-electron chi connectivity index (χ4n) is 8.47. The number of phosphoric acid groups is 2. The predicted octanol–water partition coefficient (Wildman–Crippen LogP) is 15.3. The number of aliphatic hydroxyl groups excluding tert-OH is 1. The van der Waals surface area contributed by atoms with Crippen LogP contribution in [-0.2, 0) is 65.4 Å². The van der Waals surface area contributed by atoms with Crippen LogP contribution in [0.1, 0.15) is 279 Å². The molecule has 0 saturated carbocycles. The van der Waals surface area contributed by atoms with Crippen LogP contribution in [0.2, 0.25) is 0 Å². The van der Waals surface area contributed by atoms with Gasteiger partial charge in [0.1, 0.15) is 19.3 Å². The summed E-state index contributed by atoms with van der Waals surface area (Å²) < 4.78 is 67.5. The monoisotopic (exact) mass is 1140 g/mol. The largest absolute Gasteiger partial charge is 0.472 e. The Kier molecular flexibility index (Phi) is 49.7. The van der Waals surface area contributed by atoms with Gasteiger partial charge >= 0.3 is 39.5 Å². The minimum atomic E-state index is -4.94. The molecule has 0 spiro atoms. The highest BCUT2D eigenvalue weighted by atomic mass is 31.2. The first-order chi connectivity index (χ1) is 36.9. The maximum atomic E-state index is 12.9. The highest BCUT2D eigenvalue weighted by Gasteiger charge is 2.30. The predicted molar refractivity (Wildman–Crippen MR) is 303 cm³/mol. The van der Waals surface area contributed by atoms with Crippen LogP contribution in [0.5, 0.6) is 0 Å². The molecule has 0 heterocycles. The molecule has 2 unspecified atom stereocenters. The van der Waals surface area contributed by atoms with Gasteiger partial charge < -0.3 is 33.8 Å². The number of hydrogen-bond acceptors (Lipinski definition) is 15. The number of rotatable bonds is 57. The topological polar surface area (TPSA) is 237 Å². The second kappa shape index (κ2) is 51.0. The van der Waals surface area contributed by atoms with Crippen molar-refractivity contribution in [2.45, 2.75) is 297 Å².